The third kappa shape index (κ3) is 2.32. The lowest BCUT2D eigenvalue weighted by Gasteiger charge is -2.12. The zero-order valence-corrected chi connectivity index (χ0v) is 11.9. The molecule has 104 valence electrons. The van der Waals surface area contributed by atoms with Gasteiger partial charge in [-0.15, -0.1) is 0 Å². The van der Waals surface area contributed by atoms with Crippen molar-refractivity contribution in [2.75, 3.05) is 12.4 Å². The molecule has 0 saturated heterocycles. The van der Waals surface area contributed by atoms with Crippen LogP contribution in [0.5, 0.6) is 0 Å². The number of rotatable bonds is 3. The number of nitrogens with one attached hydrogen (secondary N) is 1. The Bertz CT molecular complexity index is 660. The van der Waals surface area contributed by atoms with Crippen LogP contribution in [0, 0.1) is 30.9 Å². The normalized spacial score (nSPS) is 10.4. The van der Waals surface area contributed by atoms with Crippen LogP contribution in [0.4, 0.5) is 11.5 Å². The van der Waals surface area contributed by atoms with Crippen LogP contribution < -0.4 is 5.32 Å². The van der Waals surface area contributed by atoms with E-state index in [1.165, 1.54) is 6.33 Å². The quantitative estimate of drug-likeness (QED) is 0.686. The maximum Gasteiger partial charge on any atom is 0.337 e. The molecule has 20 heavy (non-hydrogen) atoms. The third-order valence-electron chi connectivity index (χ3n) is 3.16. The van der Waals surface area contributed by atoms with E-state index in [1.54, 1.807) is 7.05 Å². The maximum absolute atomic E-state index is 11.3. The van der Waals surface area contributed by atoms with Crippen LogP contribution in [0.3, 0.4) is 0 Å². The summed E-state index contributed by atoms with van der Waals surface area (Å²) < 4.78 is 0. The van der Waals surface area contributed by atoms with Gasteiger partial charge in [-0.1, -0.05) is 17.7 Å². The van der Waals surface area contributed by atoms with Gasteiger partial charge in [0.2, 0.25) is 5.82 Å². The van der Waals surface area contributed by atoms with E-state index in [9.17, 15) is 10.1 Å². The SMILES string of the molecule is CNc1ncnc(-c2c(C)cc(C)cc2C)c1[N+](=O)[O-]. The molecule has 0 fully saturated rings. The molecule has 2 aromatic rings. The molecule has 0 aliphatic carbocycles. The summed E-state index contributed by atoms with van der Waals surface area (Å²) in [6, 6.07) is 3.99. The maximum atomic E-state index is 11.3. The Balaban J connectivity index is 2.80. The molecule has 0 aliphatic rings. The Morgan fingerprint density at radius 2 is 1.75 bits per heavy atom. The molecule has 6 nitrogen and oxygen atoms in total. The second-order valence-electron chi connectivity index (χ2n) is 4.70. The van der Waals surface area contributed by atoms with Gasteiger partial charge in [0, 0.05) is 12.6 Å². The third-order valence-corrected chi connectivity index (χ3v) is 3.16. The lowest BCUT2D eigenvalue weighted by atomic mass is 9.96. The summed E-state index contributed by atoms with van der Waals surface area (Å²) in [5.74, 6) is 0.222. The number of hydrogen-bond acceptors (Lipinski definition) is 5. The van der Waals surface area contributed by atoms with Gasteiger partial charge >= 0.3 is 5.69 Å². The van der Waals surface area contributed by atoms with Crippen LogP contribution in [0.1, 0.15) is 16.7 Å². The first-order valence-electron chi connectivity index (χ1n) is 6.21. The van der Waals surface area contributed by atoms with Crippen LogP contribution in [-0.2, 0) is 0 Å². The van der Waals surface area contributed by atoms with Crippen molar-refractivity contribution < 1.29 is 4.92 Å². The van der Waals surface area contributed by atoms with Gasteiger partial charge in [-0.3, -0.25) is 10.1 Å². The van der Waals surface area contributed by atoms with Crippen molar-refractivity contribution in [3.8, 4) is 11.3 Å². The molecule has 6 heteroatoms. The van der Waals surface area contributed by atoms with E-state index in [0.717, 1.165) is 22.3 Å². The van der Waals surface area contributed by atoms with Gasteiger partial charge in [-0.05, 0) is 31.9 Å². The highest BCUT2D eigenvalue weighted by molar-refractivity contribution is 5.80. The first kappa shape index (κ1) is 13.9. The average molecular weight is 272 g/mol. The van der Waals surface area contributed by atoms with E-state index in [1.807, 2.05) is 32.9 Å². The van der Waals surface area contributed by atoms with Crippen molar-refractivity contribution in [3.05, 3.63) is 45.3 Å². The number of aromatic nitrogens is 2. The Morgan fingerprint density at radius 3 is 2.25 bits per heavy atom. The summed E-state index contributed by atoms with van der Waals surface area (Å²) in [4.78, 5) is 19.0. The second kappa shape index (κ2) is 5.24. The van der Waals surface area contributed by atoms with Gasteiger partial charge in [0.25, 0.3) is 0 Å². The largest absolute Gasteiger partial charge is 0.367 e. The minimum atomic E-state index is -0.445. The fourth-order valence-electron chi connectivity index (χ4n) is 2.47. The van der Waals surface area contributed by atoms with Crippen molar-refractivity contribution >= 4 is 11.5 Å². The highest BCUT2D eigenvalue weighted by atomic mass is 16.6. The molecular weight excluding hydrogens is 256 g/mol. The summed E-state index contributed by atoms with van der Waals surface area (Å²) in [6.45, 7) is 5.86. The zero-order chi connectivity index (χ0) is 14.9. The van der Waals surface area contributed by atoms with E-state index in [0.29, 0.717) is 5.69 Å². The molecule has 1 N–H and O–H groups in total. The van der Waals surface area contributed by atoms with Crippen LogP contribution in [0.25, 0.3) is 11.3 Å². The molecule has 0 spiro atoms. The Kier molecular flexibility index (Phi) is 3.65. The molecule has 0 saturated carbocycles. The highest BCUT2D eigenvalue weighted by Gasteiger charge is 2.25. The lowest BCUT2D eigenvalue weighted by Crippen LogP contribution is -2.04. The molecule has 0 amide bonds. The van der Waals surface area contributed by atoms with E-state index >= 15 is 0 Å². The van der Waals surface area contributed by atoms with Gasteiger partial charge in [-0.2, -0.15) is 0 Å². The minimum absolute atomic E-state index is 0.0925. The van der Waals surface area contributed by atoms with Crippen LogP contribution >= 0.6 is 0 Å². The van der Waals surface area contributed by atoms with E-state index in [-0.39, 0.29) is 11.5 Å². The number of aryl methyl sites for hydroxylation is 3. The number of anilines is 1. The van der Waals surface area contributed by atoms with Gasteiger partial charge in [0.15, 0.2) is 5.69 Å². The van der Waals surface area contributed by atoms with E-state index in [2.05, 4.69) is 15.3 Å². The van der Waals surface area contributed by atoms with Gasteiger partial charge in [-0.25, -0.2) is 9.97 Å². The topological polar surface area (TPSA) is 81.0 Å². The van der Waals surface area contributed by atoms with Gasteiger partial charge in [0.1, 0.15) is 6.33 Å². The van der Waals surface area contributed by atoms with Crippen molar-refractivity contribution in [3.63, 3.8) is 0 Å². The number of benzene rings is 1. The molecule has 0 radical (unpaired) electrons. The summed E-state index contributed by atoms with van der Waals surface area (Å²) in [5, 5.41) is 14.1. The molecule has 1 aromatic heterocycles. The molecule has 0 aliphatic heterocycles. The fourth-order valence-corrected chi connectivity index (χ4v) is 2.47. The average Bonchev–Trinajstić information content (AvgIpc) is 2.36. The molecule has 0 bridgehead atoms. The zero-order valence-electron chi connectivity index (χ0n) is 11.9. The van der Waals surface area contributed by atoms with Crippen LogP contribution in [0.15, 0.2) is 18.5 Å². The first-order valence-corrected chi connectivity index (χ1v) is 6.21. The molecule has 0 unspecified atom stereocenters. The van der Waals surface area contributed by atoms with Crippen molar-refractivity contribution in [2.24, 2.45) is 0 Å². The minimum Gasteiger partial charge on any atom is -0.367 e. The monoisotopic (exact) mass is 272 g/mol. The van der Waals surface area contributed by atoms with Gasteiger partial charge in [0.05, 0.1) is 4.92 Å². The fraction of sp³-hybridized carbons (Fsp3) is 0.286. The molecule has 1 aromatic carbocycles. The summed E-state index contributed by atoms with van der Waals surface area (Å²) in [7, 11) is 1.61. The van der Waals surface area contributed by atoms with Crippen molar-refractivity contribution in [2.45, 2.75) is 20.8 Å². The molecule has 0 atom stereocenters. The number of nitro groups is 1. The number of hydrogen-bond donors (Lipinski definition) is 1. The first-order chi connectivity index (χ1) is 9.45. The predicted molar refractivity (Wildman–Crippen MR) is 77.9 cm³/mol. The standard InChI is InChI=1S/C14H16N4O2/c1-8-5-9(2)11(10(3)6-8)12-13(18(19)20)14(15-4)17-7-16-12/h5-7H,1-4H3,(H,15,16,17). The van der Waals surface area contributed by atoms with Crippen LogP contribution in [-0.4, -0.2) is 21.9 Å². The lowest BCUT2D eigenvalue weighted by molar-refractivity contribution is -0.383. The summed E-state index contributed by atoms with van der Waals surface area (Å²) in [5.41, 5.74) is 4.10. The summed E-state index contributed by atoms with van der Waals surface area (Å²) in [6.07, 6.45) is 1.34. The van der Waals surface area contributed by atoms with E-state index < -0.39 is 4.92 Å². The smallest absolute Gasteiger partial charge is 0.337 e. The van der Waals surface area contributed by atoms with Crippen molar-refractivity contribution in [1.82, 2.24) is 9.97 Å². The second-order valence-corrected chi connectivity index (χ2v) is 4.70. The Morgan fingerprint density at radius 1 is 1.15 bits per heavy atom. The Labute approximate surface area is 117 Å². The van der Waals surface area contributed by atoms with E-state index in [4.69, 9.17) is 0 Å². The van der Waals surface area contributed by atoms with Crippen LogP contribution in [0.2, 0.25) is 0 Å². The molecule has 1 heterocycles. The Hall–Kier alpha value is -2.50. The number of nitrogens with zero attached hydrogens (tertiary/aromatic N) is 3. The summed E-state index contributed by atoms with van der Waals surface area (Å²) >= 11 is 0. The van der Waals surface area contributed by atoms with Crippen molar-refractivity contribution in [1.29, 1.82) is 0 Å². The molecular formula is C14H16N4O2. The molecule has 2 rings (SSSR count). The predicted octanol–water partition coefficient (Wildman–Crippen LogP) is 3.02. The van der Waals surface area contributed by atoms with Gasteiger partial charge < -0.3 is 5.32 Å². The highest BCUT2D eigenvalue weighted by Crippen LogP contribution is 2.36.